The van der Waals surface area contributed by atoms with E-state index in [0.29, 0.717) is 0 Å². The maximum Gasteiger partial charge on any atom is 0.0565 e. The maximum atomic E-state index is 4.11. The van der Waals surface area contributed by atoms with Gasteiger partial charge in [-0.25, -0.2) is 0 Å². The second kappa shape index (κ2) is 3.36. The molecule has 2 nitrogen and oxygen atoms in total. The molecule has 3 heteroatoms. The Bertz CT molecular complexity index is 374. The molecule has 0 unspecified atom stereocenters. The molecule has 1 aromatic heterocycles. The normalized spacial score (nSPS) is 9.67. The molecular weight excluding hydrogens is 168 g/mol. The molecule has 0 saturated heterocycles. The Hall–Kier alpha value is -1.35. The summed E-state index contributed by atoms with van der Waals surface area (Å²) in [7, 11) is 0. The lowest BCUT2D eigenvalue weighted by Gasteiger charge is -1.90. The third kappa shape index (κ3) is 1.46. The topological polar surface area (TPSA) is 28.7 Å². The molecule has 0 fully saturated rings. The fourth-order valence-electron chi connectivity index (χ4n) is 0.989. The van der Waals surface area contributed by atoms with Gasteiger partial charge in [0.1, 0.15) is 0 Å². The molecule has 12 heavy (non-hydrogen) atoms. The fourth-order valence-corrected chi connectivity index (χ4v) is 1.50. The van der Waals surface area contributed by atoms with E-state index in [1.807, 2.05) is 35.8 Å². The molecular formula is C9H8N2S. The van der Waals surface area contributed by atoms with Crippen molar-refractivity contribution in [3.8, 4) is 0 Å². The molecule has 1 aromatic carbocycles. The summed E-state index contributed by atoms with van der Waals surface area (Å²) in [4.78, 5) is 4.11. The highest BCUT2D eigenvalue weighted by atomic mass is 32.1. The number of benzene rings is 1. The van der Waals surface area contributed by atoms with Gasteiger partial charge in [0.25, 0.3) is 0 Å². The molecule has 0 aliphatic carbocycles. The number of fused-ring (bicyclic) bond motifs is 1. The van der Waals surface area contributed by atoms with Crippen LogP contribution in [0.2, 0.25) is 0 Å². The first-order valence-electron chi connectivity index (χ1n) is 3.66. The van der Waals surface area contributed by atoms with E-state index in [2.05, 4.69) is 9.36 Å². The molecule has 0 radical (unpaired) electrons. The number of hydrogen-bond acceptors (Lipinski definition) is 2. The molecule has 2 aromatic rings. The first-order chi connectivity index (χ1) is 5.97. The summed E-state index contributed by atoms with van der Waals surface area (Å²) in [6.07, 6.45) is 3.62. The largest absolute Gasteiger partial charge is 0.311 e. The van der Waals surface area contributed by atoms with E-state index in [1.54, 1.807) is 6.20 Å². The molecule has 0 atom stereocenters. The summed E-state index contributed by atoms with van der Waals surface area (Å²) < 4.78 is 3.20. The van der Waals surface area contributed by atoms with Crippen molar-refractivity contribution in [3.05, 3.63) is 42.0 Å². The third-order valence-electron chi connectivity index (χ3n) is 1.56. The van der Waals surface area contributed by atoms with E-state index < -0.39 is 0 Å². The predicted molar refractivity (Wildman–Crippen MR) is 51.6 cm³/mol. The highest BCUT2D eigenvalue weighted by Crippen LogP contribution is 2.06. The molecule has 0 amide bonds. The van der Waals surface area contributed by atoms with Crippen molar-refractivity contribution in [1.82, 2.24) is 9.36 Å². The zero-order chi connectivity index (χ0) is 8.23. The minimum absolute atomic E-state index is 1.11. The minimum Gasteiger partial charge on any atom is -0.311 e. The molecule has 60 valence electrons. The van der Waals surface area contributed by atoms with Crippen molar-refractivity contribution in [2.75, 3.05) is 0 Å². The molecule has 2 rings (SSSR count). The van der Waals surface area contributed by atoms with Gasteiger partial charge in [0.05, 0.1) is 5.52 Å². The van der Waals surface area contributed by atoms with Gasteiger partial charge in [-0.05, 0) is 6.07 Å². The van der Waals surface area contributed by atoms with Crippen molar-refractivity contribution in [1.29, 1.82) is 0 Å². The number of aromatic amines is 1. The summed E-state index contributed by atoms with van der Waals surface area (Å²) in [6, 6.07) is 8.08. The lowest BCUT2D eigenvalue weighted by atomic mass is 10.3. The Morgan fingerprint density at radius 2 is 2.17 bits per heavy atom. The van der Waals surface area contributed by atoms with Crippen LogP contribution in [0.3, 0.4) is 0 Å². The van der Waals surface area contributed by atoms with E-state index in [0.717, 1.165) is 10.9 Å². The van der Waals surface area contributed by atoms with Gasteiger partial charge in [-0.2, -0.15) is 0 Å². The summed E-state index contributed by atoms with van der Waals surface area (Å²) in [6.45, 7) is 0. The van der Waals surface area contributed by atoms with E-state index in [9.17, 15) is 0 Å². The average molecular weight is 176 g/mol. The number of hydrogen-bond donors (Lipinski definition) is 1. The van der Waals surface area contributed by atoms with Crippen LogP contribution in [0.25, 0.3) is 10.9 Å². The molecule has 0 aliphatic rings. The van der Waals surface area contributed by atoms with Crippen LogP contribution in [0.5, 0.6) is 0 Å². The Morgan fingerprint density at radius 1 is 1.25 bits per heavy atom. The summed E-state index contributed by atoms with van der Waals surface area (Å²) in [5, 5.41) is 3.03. The SMILES string of the molecule is c1ccc2[nH]sccncc2c1. The second-order valence-electron chi connectivity index (χ2n) is 2.37. The van der Waals surface area contributed by atoms with Gasteiger partial charge in [-0.15, -0.1) is 0 Å². The van der Waals surface area contributed by atoms with E-state index in [4.69, 9.17) is 0 Å². The summed E-state index contributed by atoms with van der Waals surface area (Å²) in [5.74, 6) is 0. The Balaban J connectivity index is 2.83. The Labute approximate surface area is 74.4 Å². The lowest BCUT2D eigenvalue weighted by Crippen LogP contribution is -1.71. The molecule has 1 N–H and O–H groups in total. The molecule has 0 bridgehead atoms. The molecule has 0 saturated carbocycles. The van der Waals surface area contributed by atoms with Gasteiger partial charge in [-0.1, -0.05) is 29.7 Å². The maximum absolute atomic E-state index is 4.11. The van der Waals surface area contributed by atoms with Crippen LogP contribution in [0.15, 0.2) is 42.0 Å². The van der Waals surface area contributed by atoms with Gasteiger partial charge in [0.2, 0.25) is 0 Å². The number of nitrogens with one attached hydrogen (secondary N) is 1. The number of nitrogens with zero attached hydrogens (tertiary/aromatic N) is 1. The van der Waals surface area contributed by atoms with Crippen LogP contribution >= 0.6 is 11.5 Å². The van der Waals surface area contributed by atoms with Crippen molar-refractivity contribution >= 4 is 22.4 Å². The quantitative estimate of drug-likeness (QED) is 0.657. The Morgan fingerprint density at radius 3 is 3.17 bits per heavy atom. The highest BCUT2D eigenvalue weighted by Gasteiger charge is 1.84. The first-order valence-corrected chi connectivity index (χ1v) is 4.54. The third-order valence-corrected chi connectivity index (χ3v) is 2.15. The number of para-hydroxylation sites is 1. The minimum atomic E-state index is 1.11. The standard InChI is InChI=1S/C9H8N2S/c1-2-4-9-8(3-1)7-10-5-6-12-11-9/h1-7,11H. The predicted octanol–water partition coefficient (Wildman–Crippen LogP) is 2.75. The Kier molecular flexibility index (Phi) is 2.05. The number of aromatic nitrogens is 2. The lowest BCUT2D eigenvalue weighted by molar-refractivity contribution is 1.38. The zero-order valence-electron chi connectivity index (χ0n) is 6.40. The second-order valence-corrected chi connectivity index (χ2v) is 3.08. The number of rotatable bonds is 0. The van der Waals surface area contributed by atoms with Crippen molar-refractivity contribution in [2.24, 2.45) is 0 Å². The van der Waals surface area contributed by atoms with Crippen molar-refractivity contribution in [3.63, 3.8) is 0 Å². The van der Waals surface area contributed by atoms with Crippen LogP contribution in [0, 0.1) is 0 Å². The van der Waals surface area contributed by atoms with Crippen molar-refractivity contribution in [2.45, 2.75) is 0 Å². The van der Waals surface area contributed by atoms with Crippen LogP contribution in [-0.2, 0) is 0 Å². The summed E-state index contributed by atoms with van der Waals surface area (Å²) >= 11 is 1.53. The van der Waals surface area contributed by atoms with Crippen LogP contribution in [-0.4, -0.2) is 9.36 Å². The van der Waals surface area contributed by atoms with Crippen LogP contribution in [0.1, 0.15) is 0 Å². The van der Waals surface area contributed by atoms with E-state index >= 15 is 0 Å². The highest BCUT2D eigenvalue weighted by molar-refractivity contribution is 7.03. The van der Waals surface area contributed by atoms with Gasteiger partial charge in [0, 0.05) is 23.2 Å². The van der Waals surface area contributed by atoms with Crippen LogP contribution in [0.4, 0.5) is 0 Å². The molecule has 1 heterocycles. The molecule has 0 spiro atoms. The van der Waals surface area contributed by atoms with Crippen molar-refractivity contribution < 1.29 is 0 Å². The first kappa shape index (κ1) is 7.31. The van der Waals surface area contributed by atoms with Gasteiger partial charge < -0.3 is 4.37 Å². The monoisotopic (exact) mass is 176 g/mol. The van der Waals surface area contributed by atoms with Crippen LogP contribution < -0.4 is 0 Å². The fraction of sp³-hybridized carbons (Fsp3) is 0. The van der Waals surface area contributed by atoms with Gasteiger partial charge in [-0.3, -0.25) is 4.98 Å². The average Bonchev–Trinajstić information content (AvgIpc) is 2.06. The van der Waals surface area contributed by atoms with E-state index in [-0.39, 0.29) is 0 Å². The smallest absolute Gasteiger partial charge is 0.0565 e. The van der Waals surface area contributed by atoms with Gasteiger partial charge in [0.15, 0.2) is 0 Å². The molecule has 0 aliphatic heterocycles. The number of H-pyrrole nitrogens is 1. The van der Waals surface area contributed by atoms with E-state index in [1.165, 1.54) is 11.5 Å². The zero-order valence-corrected chi connectivity index (χ0v) is 7.21. The van der Waals surface area contributed by atoms with Gasteiger partial charge >= 0.3 is 0 Å². The summed E-state index contributed by atoms with van der Waals surface area (Å²) in [5.41, 5.74) is 1.11.